The van der Waals surface area contributed by atoms with Crippen LogP contribution in [0.15, 0.2) is 24.3 Å². The molecule has 1 N–H and O–H groups in total. The van der Waals surface area contributed by atoms with Crippen LogP contribution in [0.3, 0.4) is 0 Å². The highest BCUT2D eigenvalue weighted by molar-refractivity contribution is 5.70. The second-order valence-electron chi connectivity index (χ2n) is 4.67. The van der Waals surface area contributed by atoms with E-state index in [1.54, 1.807) is 6.92 Å². The molecule has 0 saturated heterocycles. The van der Waals surface area contributed by atoms with Gasteiger partial charge in [0.1, 0.15) is 0 Å². The summed E-state index contributed by atoms with van der Waals surface area (Å²) in [5.41, 5.74) is 2.40. The van der Waals surface area contributed by atoms with Crippen molar-refractivity contribution in [2.75, 3.05) is 13.1 Å². The molecule has 0 bridgehead atoms. The van der Waals surface area contributed by atoms with E-state index in [0.717, 1.165) is 25.2 Å². The van der Waals surface area contributed by atoms with E-state index >= 15 is 0 Å². The van der Waals surface area contributed by atoms with Crippen molar-refractivity contribution in [3.8, 4) is 0 Å². The third-order valence-corrected chi connectivity index (χ3v) is 3.35. The zero-order chi connectivity index (χ0) is 13.5. The van der Waals surface area contributed by atoms with Crippen LogP contribution in [0.4, 0.5) is 0 Å². The molecule has 3 nitrogen and oxygen atoms in total. The van der Waals surface area contributed by atoms with Gasteiger partial charge in [-0.2, -0.15) is 0 Å². The lowest BCUT2D eigenvalue weighted by Gasteiger charge is -2.20. The van der Waals surface area contributed by atoms with Gasteiger partial charge in [0.25, 0.3) is 0 Å². The highest BCUT2D eigenvalue weighted by atomic mass is 16.4. The summed E-state index contributed by atoms with van der Waals surface area (Å²) in [6.07, 6.45) is 0.604. The molecular weight excluding hydrogens is 226 g/mol. The monoisotopic (exact) mass is 249 g/mol. The van der Waals surface area contributed by atoms with Crippen molar-refractivity contribution in [2.45, 2.75) is 33.7 Å². The van der Waals surface area contributed by atoms with E-state index in [9.17, 15) is 4.79 Å². The van der Waals surface area contributed by atoms with Crippen molar-refractivity contribution in [1.29, 1.82) is 0 Å². The van der Waals surface area contributed by atoms with Gasteiger partial charge in [-0.1, -0.05) is 45.0 Å². The van der Waals surface area contributed by atoms with Crippen LogP contribution in [0.25, 0.3) is 0 Å². The lowest BCUT2D eigenvalue weighted by Crippen LogP contribution is -2.23. The van der Waals surface area contributed by atoms with E-state index in [0.29, 0.717) is 6.42 Å². The van der Waals surface area contributed by atoms with Crippen molar-refractivity contribution in [3.63, 3.8) is 0 Å². The summed E-state index contributed by atoms with van der Waals surface area (Å²) in [6, 6.07) is 8.14. The van der Waals surface area contributed by atoms with Gasteiger partial charge in [-0.3, -0.25) is 9.69 Å². The van der Waals surface area contributed by atoms with Gasteiger partial charge >= 0.3 is 5.97 Å². The fraction of sp³-hybridized carbons (Fsp3) is 0.533. The Morgan fingerprint density at radius 3 is 2.28 bits per heavy atom. The zero-order valence-corrected chi connectivity index (χ0v) is 11.5. The Morgan fingerprint density at radius 1 is 1.22 bits per heavy atom. The Hall–Kier alpha value is -1.35. The lowest BCUT2D eigenvalue weighted by molar-refractivity contribution is -0.141. The average molecular weight is 249 g/mol. The number of aliphatic carboxylic acids is 1. The van der Waals surface area contributed by atoms with Gasteiger partial charge in [-0.05, 0) is 30.6 Å². The number of nitrogens with zero attached hydrogens (tertiary/aromatic N) is 1. The first-order chi connectivity index (χ1) is 8.58. The van der Waals surface area contributed by atoms with E-state index in [4.69, 9.17) is 5.11 Å². The number of carboxylic acids is 1. The first-order valence-electron chi connectivity index (χ1n) is 6.60. The molecule has 0 saturated carbocycles. The van der Waals surface area contributed by atoms with Crippen molar-refractivity contribution in [2.24, 2.45) is 5.92 Å². The average Bonchev–Trinajstić information content (AvgIpc) is 2.37. The van der Waals surface area contributed by atoms with Crippen LogP contribution in [0.2, 0.25) is 0 Å². The Morgan fingerprint density at radius 2 is 1.78 bits per heavy atom. The highest BCUT2D eigenvalue weighted by Crippen LogP contribution is 2.16. The van der Waals surface area contributed by atoms with E-state index in [2.05, 4.69) is 24.8 Å². The van der Waals surface area contributed by atoms with Crippen LogP contribution < -0.4 is 0 Å². The minimum Gasteiger partial charge on any atom is -0.481 e. The zero-order valence-electron chi connectivity index (χ0n) is 11.5. The van der Waals surface area contributed by atoms with E-state index in [1.807, 2.05) is 18.2 Å². The van der Waals surface area contributed by atoms with Crippen molar-refractivity contribution in [3.05, 3.63) is 35.4 Å². The summed E-state index contributed by atoms with van der Waals surface area (Å²) in [6.45, 7) is 8.97. The molecule has 1 atom stereocenters. The molecule has 0 aromatic heterocycles. The Kier molecular flexibility index (Phi) is 5.86. The minimum absolute atomic E-state index is 0.331. The van der Waals surface area contributed by atoms with E-state index in [-0.39, 0.29) is 5.92 Å². The second-order valence-corrected chi connectivity index (χ2v) is 4.67. The molecule has 0 amide bonds. The largest absolute Gasteiger partial charge is 0.481 e. The van der Waals surface area contributed by atoms with Crippen molar-refractivity contribution in [1.82, 2.24) is 4.90 Å². The Balaban J connectivity index is 2.82. The van der Waals surface area contributed by atoms with E-state index < -0.39 is 5.97 Å². The molecule has 3 heteroatoms. The summed E-state index contributed by atoms with van der Waals surface area (Å²) in [7, 11) is 0. The Labute approximate surface area is 109 Å². The van der Waals surface area contributed by atoms with Crippen LogP contribution in [-0.2, 0) is 17.8 Å². The molecule has 0 radical (unpaired) electrons. The minimum atomic E-state index is -0.729. The molecule has 0 aliphatic heterocycles. The van der Waals surface area contributed by atoms with Crippen LogP contribution in [0.1, 0.15) is 31.9 Å². The first-order valence-corrected chi connectivity index (χ1v) is 6.60. The SMILES string of the molecule is CCN(CC)Cc1ccccc1CC(C)C(=O)O. The lowest BCUT2D eigenvalue weighted by atomic mass is 9.96. The standard InChI is InChI=1S/C15H23NO2/c1-4-16(5-2)11-14-9-7-6-8-13(14)10-12(3)15(17)18/h6-9,12H,4-5,10-11H2,1-3H3,(H,17,18). The summed E-state index contributed by atoms with van der Waals surface area (Å²) in [4.78, 5) is 13.3. The van der Waals surface area contributed by atoms with Crippen LogP contribution in [-0.4, -0.2) is 29.1 Å². The summed E-state index contributed by atoms with van der Waals surface area (Å²) in [5.74, 6) is -1.06. The maximum absolute atomic E-state index is 10.9. The summed E-state index contributed by atoms with van der Waals surface area (Å²) in [5, 5.41) is 9.00. The van der Waals surface area contributed by atoms with Crippen LogP contribution >= 0.6 is 0 Å². The fourth-order valence-electron chi connectivity index (χ4n) is 2.02. The fourth-order valence-corrected chi connectivity index (χ4v) is 2.02. The topological polar surface area (TPSA) is 40.5 Å². The molecule has 100 valence electrons. The molecule has 0 spiro atoms. The molecule has 1 unspecified atom stereocenters. The molecule has 0 fully saturated rings. The second kappa shape index (κ2) is 7.17. The molecule has 0 heterocycles. The third kappa shape index (κ3) is 4.15. The quantitative estimate of drug-likeness (QED) is 0.807. The molecule has 1 aromatic rings. The van der Waals surface area contributed by atoms with Crippen LogP contribution in [0, 0.1) is 5.92 Å². The molecule has 1 aromatic carbocycles. The maximum Gasteiger partial charge on any atom is 0.306 e. The van der Waals surface area contributed by atoms with Gasteiger partial charge in [0.2, 0.25) is 0 Å². The number of hydrogen-bond donors (Lipinski definition) is 1. The molecule has 0 aliphatic rings. The van der Waals surface area contributed by atoms with Gasteiger partial charge in [-0.15, -0.1) is 0 Å². The maximum atomic E-state index is 10.9. The molecule has 1 rings (SSSR count). The number of hydrogen-bond acceptors (Lipinski definition) is 2. The van der Waals surface area contributed by atoms with Gasteiger partial charge in [0.15, 0.2) is 0 Å². The van der Waals surface area contributed by atoms with Gasteiger partial charge in [0, 0.05) is 6.54 Å². The summed E-state index contributed by atoms with van der Waals surface area (Å²) < 4.78 is 0. The van der Waals surface area contributed by atoms with Gasteiger partial charge < -0.3 is 5.11 Å². The normalized spacial score (nSPS) is 12.7. The molecular formula is C15H23NO2. The molecule has 18 heavy (non-hydrogen) atoms. The predicted octanol–water partition coefficient (Wildman–Crippen LogP) is 2.79. The molecule has 0 aliphatic carbocycles. The number of benzene rings is 1. The van der Waals surface area contributed by atoms with Crippen molar-refractivity contribution >= 4 is 5.97 Å². The first kappa shape index (κ1) is 14.7. The van der Waals surface area contributed by atoms with Crippen molar-refractivity contribution < 1.29 is 9.90 Å². The third-order valence-electron chi connectivity index (χ3n) is 3.35. The Bertz CT molecular complexity index is 386. The van der Waals surface area contributed by atoms with Crippen LogP contribution in [0.5, 0.6) is 0 Å². The number of carbonyl (C=O) groups is 1. The van der Waals surface area contributed by atoms with Gasteiger partial charge in [0.05, 0.1) is 5.92 Å². The summed E-state index contributed by atoms with van der Waals surface area (Å²) >= 11 is 0. The number of rotatable bonds is 7. The predicted molar refractivity (Wildman–Crippen MR) is 73.6 cm³/mol. The smallest absolute Gasteiger partial charge is 0.306 e. The highest BCUT2D eigenvalue weighted by Gasteiger charge is 2.14. The van der Waals surface area contributed by atoms with Gasteiger partial charge in [-0.25, -0.2) is 0 Å². The van der Waals surface area contributed by atoms with E-state index in [1.165, 1.54) is 5.56 Å². The number of carboxylic acid groups (broad SMARTS) is 1.